The van der Waals surface area contributed by atoms with E-state index in [9.17, 15) is 18.0 Å². The minimum atomic E-state index is -4.58. The Morgan fingerprint density at radius 3 is 2.35 bits per heavy atom. The number of benzene rings is 2. The first-order valence-electron chi connectivity index (χ1n) is 10.8. The topological polar surface area (TPSA) is 79.1 Å². The van der Waals surface area contributed by atoms with E-state index in [1.54, 1.807) is 54.5 Å². The standard InChI is InChI=1S/C25H20ClF3N4O3S/c1-33-13-17(9-16-11-30-23(35-2)31-12-16)22(34)32-24(33)37-14-15-3-5-18(6-4-15)36-19-7-8-21(26)20(10-19)25(27,28)29/h3-8,10-13H,9,14H2,1-2H3. The molecule has 12 heteroatoms. The lowest BCUT2D eigenvalue weighted by Crippen LogP contribution is -2.18. The Morgan fingerprint density at radius 1 is 1.03 bits per heavy atom. The molecule has 0 spiro atoms. The number of hydrogen-bond acceptors (Lipinski definition) is 7. The van der Waals surface area contributed by atoms with Crippen LogP contribution in [0.4, 0.5) is 13.2 Å². The molecule has 2 heterocycles. The summed E-state index contributed by atoms with van der Waals surface area (Å²) in [4.78, 5) is 24.9. The van der Waals surface area contributed by atoms with Gasteiger partial charge in [-0.05, 0) is 41.5 Å². The normalized spacial score (nSPS) is 11.4. The highest BCUT2D eigenvalue weighted by atomic mass is 35.5. The molecule has 4 rings (SSSR count). The second-order valence-corrected chi connectivity index (χ2v) is 9.24. The third-order valence-corrected chi connectivity index (χ3v) is 6.60. The highest BCUT2D eigenvalue weighted by Gasteiger charge is 2.33. The van der Waals surface area contributed by atoms with Gasteiger partial charge in [0, 0.05) is 43.4 Å². The number of halogens is 4. The summed E-state index contributed by atoms with van der Waals surface area (Å²) < 4.78 is 51.5. The van der Waals surface area contributed by atoms with Crippen molar-refractivity contribution in [1.82, 2.24) is 19.5 Å². The van der Waals surface area contributed by atoms with E-state index in [1.165, 1.54) is 24.9 Å². The van der Waals surface area contributed by atoms with Crippen LogP contribution in [-0.2, 0) is 25.4 Å². The number of ether oxygens (including phenoxy) is 2. The first kappa shape index (κ1) is 26.5. The van der Waals surface area contributed by atoms with E-state index in [2.05, 4.69) is 15.0 Å². The van der Waals surface area contributed by atoms with Crippen molar-refractivity contribution in [2.45, 2.75) is 23.5 Å². The third-order valence-electron chi connectivity index (χ3n) is 5.15. The molecule has 0 saturated carbocycles. The summed E-state index contributed by atoms with van der Waals surface area (Å²) in [6, 6.07) is 10.5. The number of aromatic nitrogens is 4. The summed E-state index contributed by atoms with van der Waals surface area (Å²) in [6.07, 6.45) is 0.704. The Labute approximate surface area is 219 Å². The van der Waals surface area contributed by atoms with Gasteiger partial charge in [-0.3, -0.25) is 4.79 Å². The van der Waals surface area contributed by atoms with Crippen molar-refractivity contribution in [2.24, 2.45) is 7.05 Å². The molecule has 7 nitrogen and oxygen atoms in total. The fraction of sp³-hybridized carbons (Fsp3) is 0.200. The highest BCUT2D eigenvalue weighted by Crippen LogP contribution is 2.37. The van der Waals surface area contributed by atoms with Crippen molar-refractivity contribution < 1.29 is 22.6 Å². The van der Waals surface area contributed by atoms with Crippen LogP contribution >= 0.6 is 23.4 Å². The number of nitrogens with zero attached hydrogens (tertiary/aromatic N) is 4. The van der Waals surface area contributed by atoms with Gasteiger partial charge in [-0.2, -0.15) is 18.2 Å². The SMILES string of the molecule is COc1ncc(Cc2cn(C)c(SCc3ccc(Oc4ccc(Cl)c(C(F)(F)F)c4)cc3)nc2=O)cn1. The lowest BCUT2D eigenvalue weighted by atomic mass is 10.1. The molecule has 0 atom stereocenters. The van der Waals surface area contributed by atoms with Crippen molar-refractivity contribution in [1.29, 1.82) is 0 Å². The molecule has 0 aliphatic heterocycles. The fourth-order valence-electron chi connectivity index (χ4n) is 3.32. The van der Waals surface area contributed by atoms with Crippen molar-refractivity contribution in [2.75, 3.05) is 7.11 Å². The van der Waals surface area contributed by atoms with E-state index >= 15 is 0 Å². The molecule has 0 aliphatic carbocycles. The molecule has 0 unspecified atom stereocenters. The van der Waals surface area contributed by atoms with Gasteiger partial charge in [0.25, 0.3) is 5.56 Å². The first-order valence-corrected chi connectivity index (χ1v) is 12.2. The molecule has 2 aromatic carbocycles. The van der Waals surface area contributed by atoms with E-state index < -0.39 is 16.8 Å². The molecule has 4 aromatic rings. The van der Waals surface area contributed by atoms with Crippen LogP contribution in [0.15, 0.2) is 71.0 Å². The van der Waals surface area contributed by atoms with Gasteiger partial charge < -0.3 is 14.0 Å². The maximum atomic E-state index is 13.1. The predicted molar refractivity (Wildman–Crippen MR) is 133 cm³/mol. The molecule has 0 amide bonds. The van der Waals surface area contributed by atoms with Crippen LogP contribution in [0, 0.1) is 0 Å². The van der Waals surface area contributed by atoms with Gasteiger partial charge in [0.05, 0.1) is 17.7 Å². The number of rotatable bonds is 8. The smallest absolute Gasteiger partial charge is 0.417 e. The third kappa shape index (κ3) is 6.80. The second kappa shape index (κ2) is 11.2. The van der Waals surface area contributed by atoms with Crippen LogP contribution in [-0.4, -0.2) is 26.6 Å². The molecule has 2 aromatic heterocycles. The monoisotopic (exact) mass is 548 g/mol. The average Bonchev–Trinajstić information content (AvgIpc) is 2.87. The van der Waals surface area contributed by atoms with Crippen LogP contribution in [0.3, 0.4) is 0 Å². The van der Waals surface area contributed by atoms with Gasteiger partial charge in [0.15, 0.2) is 5.16 Å². The van der Waals surface area contributed by atoms with Crippen molar-refractivity contribution in [3.63, 3.8) is 0 Å². The van der Waals surface area contributed by atoms with E-state index in [0.29, 0.717) is 28.6 Å². The lowest BCUT2D eigenvalue weighted by Gasteiger charge is -2.12. The summed E-state index contributed by atoms with van der Waals surface area (Å²) in [7, 11) is 3.28. The Morgan fingerprint density at radius 2 is 1.70 bits per heavy atom. The van der Waals surface area contributed by atoms with Crippen LogP contribution in [0.2, 0.25) is 5.02 Å². The van der Waals surface area contributed by atoms with Gasteiger partial charge in [0.2, 0.25) is 0 Å². The molecule has 0 N–H and O–H groups in total. The minimum Gasteiger partial charge on any atom is -0.467 e. The lowest BCUT2D eigenvalue weighted by molar-refractivity contribution is -0.137. The number of aryl methyl sites for hydroxylation is 1. The van der Waals surface area contributed by atoms with Crippen LogP contribution < -0.4 is 15.0 Å². The number of methoxy groups -OCH3 is 1. The fourth-order valence-corrected chi connectivity index (χ4v) is 4.44. The molecular weight excluding hydrogens is 529 g/mol. The minimum absolute atomic E-state index is 0.0272. The van der Waals surface area contributed by atoms with E-state index in [-0.39, 0.29) is 17.3 Å². The van der Waals surface area contributed by atoms with E-state index in [0.717, 1.165) is 23.3 Å². The van der Waals surface area contributed by atoms with Gasteiger partial charge in [-0.25, -0.2) is 9.97 Å². The maximum absolute atomic E-state index is 13.1. The second-order valence-electron chi connectivity index (χ2n) is 7.89. The number of hydrogen-bond donors (Lipinski definition) is 0. The summed E-state index contributed by atoms with van der Waals surface area (Å²) in [5.41, 5.74) is 0.897. The Kier molecular flexibility index (Phi) is 8.03. The van der Waals surface area contributed by atoms with Gasteiger partial charge in [0.1, 0.15) is 11.5 Å². The van der Waals surface area contributed by atoms with Gasteiger partial charge in [-0.1, -0.05) is 35.5 Å². The zero-order valence-corrected chi connectivity index (χ0v) is 21.2. The van der Waals surface area contributed by atoms with Crippen molar-refractivity contribution >= 4 is 23.4 Å². The summed E-state index contributed by atoms with van der Waals surface area (Å²) >= 11 is 7.03. The molecule has 0 bridgehead atoms. The maximum Gasteiger partial charge on any atom is 0.417 e. The van der Waals surface area contributed by atoms with E-state index in [1.807, 2.05) is 0 Å². The van der Waals surface area contributed by atoms with Crippen molar-refractivity contribution in [3.05, 3.63) is 98.7 Å². The van der Waals surface area contributed by atoms with Crippen molar-refractivity contribution in [3.8, 4) is 17.5 Å². The number of thioether (sulfide) groups is 1. The molecule has 0 aliphatic rings. The Balaban J connectivity index is 1.39. The molecule has 0 radical (unpaired) electrons. The average molecular weight is 549 g/mol. The quantitative estimate of drug-likeness (QED) is 0.199. The van der Waals surface area contributed by atoms with Crippen LogP contribution in [0.5, 0.6) is 17.5 Å². The zero-order chi connectivity index (χ0) is 26.6. The molecule has 37 heavy (non-hydrogen) atoms. The Hall–Kier alpha value is -3.57. The van der Waals surface area contributed by atoms with Crippen LogP contribution in [0.1, 0.15) is 22.3 Å². The predicted octanol–water partition coefficient (Wildman–Crippen LogP) is 5.93. The number of alkyl halides is 3. The summed E-state index contributed by atoms with van der Waals surface area (Å²) in [6.45, 7) is 0. The summed E-state index contributed by atoms with van der Waals surface area (Å²) in [5, 5.41) is 0.152. The molecule has 0 saturated heterocycles. The van der Waals surface area contributed by atoms with E-state index in [4.69, 9.17) is 21.1 Å². The van der Waals surface area contributed by atoms with Gasteiger partial charge in [-0.15, -0.1) is 0 Å². The molecule has 0 fully saturated rings. The first-order chi connectivity index (χ1) is 17.6. The largest absolute Gasteiger partial charge is 0.467 e. The molecular formula is C25H20ClF3N4O3S. The molecule has 192 valence electrons. The zero-order valence-electron chi connectivity index (χ0n) is 19.6. The Bertz CT molecular complexity index is 1450. The summed E-state index contributed by atoms with van der Waals surface area (Å²) in [5.74, 6) is 0.923. The van der Waals surface area contributed by atoms with Gasteiger partial charge >= 0.3 is 12.2 Å². The van der Waals surface area contributed by atoms with Crippen LogP contribution in [0.25, 0.3) is 0 Å². The highest BCUT2D eigenvalue weighted by molar-refractivity contribution is 7.98.